The van der Waals surface area contributed by atoms with Crippen molar-refractivity contribution in [2.24, 2.45) is 0 Å². The highest BCUT2D eigenvalue weighted by Gasteiger charge is 2.18. The third-order valence-corrected chi connectivity index (χ3v) is 4.07. The number of benzene rings is 1. The quantitative estimate of drug-likeness (QED) is 0.763. The second kappa shape index (κ2) is 6.74. The molecule has 0 fully saturated rings. The molecular weight excluding hydrogens is 394 g/mol. The molecule has 1 atom stereocenters. The first-order valence-electron chi connectivity index (χ1n) is 5.93. The molecule has 2 aromatic rings. The van der Waals surface area contributed by atoms with Crippen LogP contribution in [0.1, 0.15) is 17.2 Å². The van der Waals surface area contributed by atoms with Crippen LogP contribution in [0.5, 0.6) is 0 Å². The van der Waals surface area contributed by atoms with Gasteiger partial charge in [-0.25, -0.2) is 8.78 Å². The van der Waals surface area contributed by atoms with Gasteiger partial charge in [-0.2, -0.15) is 0 Å². The molecule has 1 unspecified atom stereocenters. The highest BCUT2D eigenvalue weighted by atomic mass is 79.9. The summed E-state index contributed by atoms with van der Waals surface area (Å²) in [5.41, 5.74) is 0.916. The van der Waals surface area contributed by atoms with Crippen molar-refractivity contribution < 1.29 is 8.78 Å². The van der Waals surface area contributed by atoms with Crippen molar-refractivity contribution in [3.63, 3.8) is 0 Å². The maximum Gasteiger partial charge on any atom is 0.143 e. The van der Waals surface area contributed by atoms with Crippen LogP contribution < -0.4 is 5.32 Å². The fourth-order valence-corrected chi connectivity index (χ4v) is 2.72. The molecule has 6 heteroatoms. The molecular formula is C14H12Br2F2N2. The predicted octanol–water partition coefficient (Wildman–Crippen LogP) is 4.39. The topological polar surface area (TPSA) is 24.9 Å². The van der Waals surface area contributed by atoms with E-state index < -0.39 is 11.6 Å². The number of nitrogens with zero attached hydrogens (tertiary/aromatic N) is 1. The number of likely N-dealkylation sites (N-methyl/N-ethyl adjacent to an activating group) is 1. The molecule has 0 spiro atoms. The molecule has 0 aliphatic heterocycles. The highest BCUT2D eigenvalue weighted by molar-refractivity contribution is 9.10. The summed E-state index contributed by atoms with van der Waals surface area (Å²) in [6, 6.07) is 4.28. The van der Waals surface area contributed by atoms with Crippen molar-refractivity contribution in [3.05, 3.63) is 62.3 Å². The molecule has 0 aliphatic rings. The largest absolute Gasteiger partial charge is 0.313 e. The number of hydrogen-bond donors (Lipinski definition) is 1. The predicted molar refractivity (Wildman–Crippen MR) is 81.5 cm³/mol. The average molecular weight is 406 g/mol. The Balaban J connectivity index is 2.34. The Morgan fingerprint density at radius 2 is 2.00 bits per heavy atom. The molecule has 106 valence electrons. The minimum absolute atomic E-state index is 0.0544. The monoisotopic (exact) mass is 404 g/mol. The van der Waals surface area contributed by atoms with Gasteiger partial charge in [-0.05, 0) is 69.1 Å². The molecule has 0 saturated carbocycles. The van der Waals surface area contributed by atoms with Gasteiger partial charge in [0.05, 0.1) is 4.47 Å². The number of hydrogen-bond acceptors (Lipinski definition) is 2. The van der Waals surface area contributed by atoms with E-state index >= 15 is 0 Å². The van der Waals surface area contributed by atoms with Gasteiger partial charge in [0.15, 0.2) is 0 Å². The molecule has 20 heavy (non-hydrogen) atoms. The van der Waals surface area contributed by atoms with Crippen LogP contribution in [0.4, 0.5) is 8.78 Å². The summed E-state index contributed by atoms with van der Waals surface area (Å²) < 4.78 is 28.9. The van der Waals surface area contributed by atoms with Crippen molar-refractivity contribution in [1.82, 2.24) is 10.3 Å². The average Bonchev–Trinajstić information content (AvgIpc) is 2.43. The minimum Gasteiger partial charge on any atom is -0.313 e. The first kappa shape index (κ1) is 15.5. The Kier molecular flexibility index (Phi) is 5.23. The molecule has 2 nitrogen and oxygen atoms in total. The second-order valence-electron chi connectivity index (χ2n) is 4.30. The summed E-state index contributed by atoms with van der Waals surface area (Å²) in [5, 5.41) is 3.06. The van der Waals surface area contributed by atoms with E-state index in [2.05, 4.69) is 42.2 Å². The van der Waals surface area contributed by atoms with Crippen molar-refractivity contribution in [3.8, 4) is 0 Å². The van der Waals surface area contributed by atoms with Crippen LogP contribution in [0, 0.1) is 11.6 Å². The summed E-state index contributed by atoms with van der Waals surface area (Å²) in [4.78, 5) is 4.07. The van der Waals surface area contributed by atoms with Gasteiger partial charge < -0.3 is 5.32 Å². The third kappa shape index (κ3) is 3.42. The van der Waals surface area contributed by atoms with Crippen LogP contribution in [0.2, 0.25) is 0 Å². The van der Waals surface area contributed by atoms with E-state index in [9.17, 15) is 8.78 Å². The molecule has 2 rings (SSSR count). The highest BCUT2D eigenvalue weighted by Crippen LogP contribution is 2.27. The second-order valence-corrected chi connectivity index (χ2v) is 6.07. The van der Waals surface area contributed by atoms with Gasteiger partial charge in [-0.1, -0.05) is 0 Å². The van der Waals surface area contributed by atoms with E-state index in [0.717, 1.165) is 10.0 Å². The molecule has 0 aliphatic carbocycles. The SMILES string of the molecule is CNC(Cc1c(F)ccc(Br)c1F)c1cncc(Br)c1. The standard InChI is InChI=1S/C14H12Br2F2N2/c1-19-13(8-4-9(15)7-20-6-8)5-10-12(17)3-2-11(16)14(10)18/h2-4,6-7,13,19H,5H2,1H3. The maximum atomic E-state index is 14.0. The van der Waals surface area contributed by atoms with Crippen LogP contribution >= 0.6 is 31.9 Å². The molecule has 1 aromatic heterocycles. The smallest absolute Gasteiger partial charge is 0.143 e. The summed E-state index contributed by atoms with van der Waals surface area (Å²) in [6.45, 7) is 0. The van der Waals surface area contributed by atoms with E-state index in [-0.39, 0.29) is 22.5 Å². The van der Waals surface area contributed by atoms with Gasteiger partial charge in [0.1, 0.15) is 11.6 Å². The van der Waals surface area contributed by atoms with Gasteiger partial charge in [0.25, 0.3) is 0 Å². The number of halogens is 4. The Morgan fingerprint density at radius 1 is 1.25 bits per heavy atom. The van der Waals surface area contributed by atoms with E-state index in [1.165, 1.54) is 12.1 Å². The van der Waals surface area contributed by atoms with E-state index in [0.29, 0.717) is 0 Å². The summed E-state index contributed by atoms with van der Waals surface area (Å²) >= 11 is 6.42. The summed E-state index contributed by atoms with van der Waals surface area (Å²) in [7, 11) is 1.75. The van der Waals surface area contributed by atoms with Gasteiger partial charge >= 0.3 is 0 Å². The molecule has 1 aromatic carbocycles. The molecule has 0 bridgehead atoms. The summed E-state index contributed by atoms with van der Waals surface area (Å²) in [5.74, 6) is -1.11. The van der Waals surface area contributed by atoms with E-state index in [1.54, 1.807) is 19.4 Å². The lowest BCUT2D eigenvalue weighted by Crippen LogP contribution is -2.20. The zero-order valence-corrected chi connectivity index (χ0v) is 13.8. The zero-order chi connectivity index (χ0) is 14.7. The van der Waals surface area contributed by atoms with Crippen molar-refractivity contribution in [2.75, 3.05) is 7.05 Å². The number of aromatic nitrogens is 1. The lowest BCUT2D eigenvalue weighted by Gasteiger charge is -2.18. The normalized spacial score (nSPS) is 12.4. The van der Waals surface area contributed by atoms with Gasteiger partial charge in [0.2, 0.25) is 0 Å². The molecule has 0 amide bonds. The fraction of sp³-hybridized carbons (Fsp3) is 0.214. The molecule has 0 radical (unpaired) electrons. The molecule has 1 heterocycles. The van der Waals surface area contributed by atoms with E-state index in [4.69, 9.17) is 0 Å². The van der Waals surface area contributed by atoms with Crippen molar-refractivity contribution in [1.29, 1.82) is 0 Å². The van der Waals surface area contributed by atoms with Gasteiger partial charge in [0, 0.05) is 28.5 Å². The lowest BCUT2D eigenvalue weighted by atomic mass is 9.99. The summed E-state index contributed by atoms with van der Waals surface area (Å²) in [6.07, 6.45) is 3.54. The Labute approximate surface area is 132 Å². The Morgan fingerprint density at radius 3 is 2.65 bits per heavy atom. The van der Waals surface area contributed by atoms with Crippen LogP contribution in [0.25, 0.3) is 0 Å². The van der Waals surface area contributed by atoms with Crippen LogP contribution in [0.15, 0.2) is 39.5 Å². The zero-order valence-electron chi connectivity index (χ0n) is 10.6. The lowest BCUT2D eigenvalue weighted by molar-refractivity contribution is 0.512. The first-order valence-corrected chi connectivity index (χ1v) is 7.51. The minimum atomic E-state index is -0.562. The van der Waals surface area contributed by atoms with Crippen LogP contribution in [-0.4, -0.2) is 12.0 Å². The number of nitrogens with one attached hydrogen (secondary N) is 1. The molecule has 1 N–H and O–H groups in total. The van der Waals surface area contributed by atoms with Gasteiger partial charge in [-0.3, -0.25) is 4.98 Å². The maximum absolute atomic E-state index is 14.0. The van der Waals surface area contributed by atoms with Crippen LogP contribution in [0.3, 0.4) is 0 Å². The van der Waals surface area contributed by atoms with Crippen LogP contribution in [-0.2, 0) is 6.42 Å². The third-order valence-electron chi connectivity index (χ3n) is 3.02. The Hall–Kier alpha value is -0.850. The number of rotatable bonds is 4. The van der Waals surface area contributed by atoms with Crippen molar-refractivity contribution >= 4 is 31.9 Å². The fourth-order valence-electron chi connectivity index (χ4n) is 1.97. The van der Waals surface area contributed by atoms with E-state index in [1.807, 2.05) is 6.07 Å². The van der Waals surface area contributed by atoms with Gasteiger partial charge in [-0.15, -0.1) is 0 Å². The number of pyridine rings is 1. The van der Waals surface area contributed by atoms with Crippen molar-refractivity contribution in [2.45, 2.75) is 12.5 Å². The Bertz CT molecular complexity index is 620. The first-order chi connectivity index (χ1) is 9.52. The molecule has 0 saturated heterocycles.